The fourth-order valence-electron chi connectivity index (χ4n) is 8.81. The Labute approximate surface area is 316 Å². The lowest BCUT2D eigenvalue weighted by molar-refractivity contribution is 1.13. The minimum absolute atomic E-state index is 0.593. The van der Waals surface area contributed by atoms with Gasteiger partial charge in [0.25, 0.3) is 0 Å². The average molecular weight is 700 g/mol. The smallest absolute Gasteiger partial charge is 0.188 e. The van der Waals surface area contributed by atoms with Gasteiger partial charge in [0.05, 0.1) is 62.7 Å². The summed E-state index contributed by atoms with van der Waals surface area (Å²) in [5.74, 6) is 0. The molecule has 5 nitrogen and oxygen atoms in total. The number of hydrogen-bond donors (Lipinski definition) is 0. The van der Waals surface area contributed by atoms with Crippen molar-refractivity contribution < 1.29 is 0 Å². The molecule has 0 aliphatic rings. The van der Waals surface area contributed by atoms with Crippen LogP contribution in [0.5, 0.6) is 0 Å². The molecule has 254 valence electrons. The molecule has 0 bridgehead atoms. The van der Waals surface area contributed by atoms with Crippen molar-refractivity contribution in [3.05, 3.63) is 193 Å². The lowest BCUT2D eigenvalue weighted by Gasteiger charge is -2.18. The highest BCUT2D eigenvalue weighted by Crippen LogP contribution is 2.43. The van der Waals surface area contributed by atoms with Crippen molar-refractivity contribution in [3.8, 4) is 34.3 Å². The Kier molecular flexibility index (Phi) is 6.61. The standard InChI is InChI=1S/C50H29N5/c1-52-33-26-28-48-42(29-33)39-17-6-7-19-43(39)53(48)34-27-25-32(31-51)41(30-34)38-16-5-11-23-47(38)55-46-22-10-4-15-37(46)40-18-12-24-49(50(40)55)54-44-20-8-2-13-35(44)36-14-3-9-21-45(36)54/h2-30H. The van der Waals surface area contributed by atoms with Crippen LogP contribution in [0.15, 0.2) is 176 Å². The molecule has 0 radical (unpaired) electrons. The molecule has 0 saturated carbocycles. The van der Waals surface area contributed by atoms with E-state index in [0.29, 0.717) is 11.3 Å². The molecular formula is C50H29N5. The van der Waals surface area contributed by atoms with E-state index in [1.165, 1.54) is 10.8 Å². The number of para-hydroxylation sites is 6. The minimum Gasteiger partial charge on any atom is -0.309 e. The third-order valence-electron chi connectivity index (χ3n) is 11.1. The van der Waals surface area contributed by atoms with Crippen LogP contribution in [-0.4, -0.2) is 13.7 Å². The van der Waals surface area contributed by atoms with Crippen LogP contribution in [-0.2, 0) is 0 Å². The van der Waals surface area contributed by atoms with E-state index >= 15 is 0 Å². The first-order valence-corrected chi connectivity index (χ1v) is 18.3. The van der Waals surface area contributed by atoms with E-state index in [1.807, 2.05) is 42.5 Å². The number of aromatic nitrogens is 3. The topological polar surface area (TPSA) is 42.9 Å². The zero-order chi connectivity index (χ0) is 36.6. The fourth-order valence-corrected chi connectivity index (χ4v) is 8.81. The first-order chi connectivity index (χ1) is 27.2. The second-order valence-corrected chi connectivity index (χ2v) is 13.9. The summed E-state index contributed by atoms with van der Waals surface area (Å²) in [6, 6.07) is 63.7. The van der Waals surface area contributed by atoms with E-state index in [9.17, 15) is 5.26 Å². The fraction of sp³-hybridized carbons (Fsp3) is 0. The molecule has 0 spiro atoms. The lowest BCUT2D eigenvalue weighted by Crippen LogP contribution is -2.03. The molecule has 11 aromatic rings. The highest BCUT2D eigenvalue weighted by Gasteiger charge is 2.22. The average Bonchev–Trinajstić information content (AvgIpc) is 3.89. The van der Waals surface area contributed by atoms with Gasteiger partial charge < -0.3 is 13.7 Å². The number of rotatable bonds is 4. The Bertz CT molecular complexity index is 3420. The molecule has 11 rings (SSSR count). The van der Waals surface area contributed by atoms with Gasteiger partial charge in [0.2, 0.25) is 0 Å². The van der Waals surface area contributed by atoms with Crippen molar-refractivity contribution in [2.75, 3.05) is 0 Å². The van der Waals surface area contributed by atoms with Crippen molar-refractivity contribution >= 4 is 71.1 Å². The van der Waals surface area contributed by atoms with Crippen LogP contribution in [0.25, 0.3) is 98.5 Å². The second-order valence-electron chi connectivity index (χ2n) is 13.9. The summed E-state index contributed by atoms with van der Waals surface area (Å²) in [4.78, 5) is 3.72. The quantitative estimate of drug-likeness (QED) is 0.169. The van der Waals surface area contributed by atoms with Gasteiger partial charge >= 0.3 is 0 Å². The molecule has 0 saturated heterocycles. The predicted octanol–water partition coefficient (Wildman–Crippen LogP) is 13.1. The van der Waals surface area contributed by atoms with E-state index < -0.39 is 0 Å². The number of benzene rings is 8. The van der Waals surface area contributed by atoms with Crippen LogP contribution in [0.2, 0.25) is 0 Å². The third kappa shape index (κ3) is 4.39. The van der Waals surface area contributed by atoms with Crippen LogP contribution in [0.4, 0.5) is 5.69 Å². The van der Waals surface area contributed by atoms with Gasteiger partial charge in [-0.2, -0.15) is 5.26 Å². The summed E-state index contributed by atoms with van der Waals surface area (Å²) in [6.07, 6.45) is 0. The number of hydrogen-bond acceptors (Lipinski definition) is 1. The van der Waals surface area contributed by atoms with Crippen molar-refractivity contribution in [1.29, 1.82) is 5.26 Å². The molecule has 0 N–H and O–H groups in total. The second kappa shape index (κ2) is 11.8. The normalized spacial score (nSPS) is 11.6. The maximum Gasteiger partial charge on any atom is 0.188 e. The van der Waals surface area contributed by atoms with Gasteiger partial charge in [-0.1, -0.05) is 109 Å². The summed E-state index contributed by atoms with van der Waals surface area (Å²) < 4.78 is 7.03. The molecule has 0 unspecified atom stereocenters. The molecule has 3 aromatic heterocycles. The maximum absolute atomic E-state index is 10.6. The van der Waals surface area contributed by atoms with Crippen LogP contribution < -0.4 is 0 Å². The Morgan fingerprint density at radius 3 is 1.62 bits per heavy atom. The van der Waals surface area contributed by atoms with E-state index in [-0.39, 0.29) is 0 Å². The van der Waals surface area contributed by atoms with E-state index in [2.05, 4.69) is 158 Å². The Morgan fingerprint density at radius 1 is 0.418 bits per heavy atom. The molecule has 55 heavy (non-hydrogen) atoms. The molecule has 0 amide bonds. The van der Waals surface area contributed by atoms with Gasteiger partial charge in [0.15, 0.2) is 5.69 Å². The SMILES string of the molecule is [C-]#[N+]c1ccc2c(c1)c1ccccc1n2-c1ccc(C#N)c(-c2ccccc2-n2c3ccccc3c3cccc(-n4c5ccccc5c5ccccc54)c32)c1. The Hall–Kier alpha value is -7.86. The van der Waals surface area contributed by atoms with Crippen LogP contribution >= 0.6 is 0 Å². The van der Waals surface area contributed by atoms with Gasteiger partial charge in [-0.05, 0) is 72.1 Å². The van der Waals surface area contributed by atoms with Crippen molar-refractivity contribution in [3.63, 3.8) is 0 Å². The van der Waals surface area contributed by atoms with Crippen molar-refractivity contribution in [1.82, 2.24) is 13.7 Å². The van der Waals surface area contributed by atoms with E-state index in [0.717, 1.165) is 82.8 Å². The predicted molar refractivity (Wildman–Crippen MR) is 226 cm³/mol. The molecule has 0 atom stereocenters. The number of nitriles is 1. The first kappa shape index (κ1) is 30.7. The van der Waals surface area contributed by atoms with Crippen molar-refractivity contribution in [2.24, 2.45) is 0 Å². The zero-order valence-electron chi connectivity index (χ0n) is 29.5. The first-order valence-electron chi connectivity index (χ1n) is 18.3. The zero-order valence-corrected chi connectivity index (χ0v) is 29.5. The summed E-state index contributed by atoms with van der Waals surface area (Å²) in [5.41, 5.74) is 12.5. The summed E-state index contributed by atoms with van der Waals surface area (Å²) in [7, 11) is 0. The highest BCUT2D eigenvalue weighted by atomic mass is 15.1. The Balaban J connectivity index is 1.22. The minimum atomic E-state index is 0.593. The molecule has 0 fully saturated rings. The molecule has 8 aromatic carbocycles. The van der Waals surface area contributed by atoms with Crippen molar-refractivity contribution in [2.45, 2.75) is 0 Å². The largest absolute Gasteiger partial charge is 0.309 e. The summed E-state index contributed by atoms with van der Waals surface area (Å²) in [6.45, 7) is 7.66. The van der Waals surface area contributed by atoms with Crippen LogP contribution in [0.3, 0.4) is 0 Å². The number of fused-ring (bicyclic) bond motifs is 9. The third-order valence-corrected chi connectivity index (χ3v) is 11.1. The van der Waals surface area contributed by atoms with Gasteiger partial charge in [-0.15, -0.1) is 0 Å². The summed E-state index contributed by atoms with van der Waals surface area (Å²) in [5, 5.41) is 17.5. The van der Waals surface area contributed by atoms with Gasteiger partial charge in [-0.25, -0.2) is 4.85 Å². The van der Waals surface area contributed by atoms with Gasteiger partial charge in [-0.3, -0.25) is 0 Å². The lowest BCUT2D eigenvalue weighted by atomic mass is 9.97. The van der Waals surface area contributed by atoms with Crippen LogP contribution in [0, 0.1) is 17.9 Å². The van der Waals surface area contributed by atoms with E-state index in [4.69, 9.17) is 6.57 Å². The summed E-state index contributed by atoms with van der Waals surface area (Å²) >= 11 is 0. The van der Waals surface area contributed by atoms with E-state index in [1.54, 1.807) is 0 Å². The molecule has 5 heteroatoms. The molecule has 0 aliphatic carbocycles. The van der Waals surface area contributed by atoms with Crippen LogP contribution in [0.1, 0.15) is 5.56 Å². The highest BCUT2D eigenvalue weighted by molar-refractivity contribution is 6.15. The Morgan fingerprint density at radius 2 is 0.945 bits per heavy atom. The van der Waals surface area contributed by atoms with Gasteiger partial charge in [0, 0.05) is 43.7 Å². The molecule has 0 aliphatic heterocycles. The maximum atomic E-state index is 10.6. The number of nitrogens with zero attached hydrogens (tertiary/aromatic N) is 5. The monoisotopic (exact) mass is 699 g/mol. The van der Waals surface area contributed by atoms with Gasteiger partial charge in [0.1, 0.15) is 0 Å². The molecular weight excluding hydrogens is 671 g/mol. The molecule has 3 heterocycles.